The third kappa shape index (κ3) is 4.81. The molecule has 5 rings (SSSR count). The summed E-state index contributed by atoms with van der Waals surface area (Å²) in [5, 5.41) is 3.06. The second kappa shape index (κ2) is 10.2. The van der Waals surface area contributed by atoms with E-state index in [1.54, 1.807) is 16.7 Å². The number of benzene rings is 2. The summed E-state index contributed by atoms with van der Waals surface area (Å²) in [4.78, 5) is 26.7. The van der Waals surface area contributed by atoms with Crippen molar-refractivity contribution in [3.8, 4) is 11.5 Å². The predicted octanol–water partition coefficient (Wildman–Crippen LogP) is 2.30. The molecule has 3 heterocycles. The fraction of sp³-hybridized carbons (Fsp3) is 0.385. The van der Waals surface area contributed by atoms with E-state index in [2.05, 4.69) is 5.32 Å². The number of amides is 1. The molecular formula is C26H29N3O7S. The predicted molar refractivity (Wildman–Crippen MR) is 137 cm³/mol. The summed E-state index contributed by atoms with van der Waals surface area (Å²) in [6, 6.07) is 9.52. The second-order valence-corrected chi connectivity index (χ2v) is 10.9. The summed E-state index contributed by atoms with van der Waals surface area (Å²) in [5.41, 5.74) is 0.781. The van der Waals surface area contributed by atoms with Crippen molar-refractivity contribution in [2.45, 2.75) is 31.3 Å². The Morgan fingerprint density at radius 2 is 1.76 bits per heavy atom. The summed E-state index contributed by atoms with van der Waals surface area (Å²) in [7, 11) is -3.80. The molecule has 11 heteroatoms. The van der Waals surface area contributed by atoms with Crippen LogP contribution in [0.15, 0.2) is 52.3 Å². The number of hydrogen-bond donors (Lipinski definition) is 1. The number of sulfonamides is 1. The van der Waals surface area contributed by atoms with E-state index in [0.717, 1.165) is 5.56 Å². The summed E-state index contributed by atoms with van der Waals surface area (Å²) in [5.74, 6) is 0.715. The van der Waals surface area contributed by atoms with Crippen molar-refractivity contribution in [1.82, 2.24) is 14.2 Å². The standard InChI is InChI=1S/C26H29N3O7S/c1-3-28-16-21(26(31)27-17(2)18-4-7-23-24(14-18)36-13-12-35-23)25(30)20-15-19(5-6-22(20)28)37(32,33)29-8-10-34-11-9-29/h4-7,14-17H,3,8-13H2,1-2H3,(H,27,31). The molecule has 196 valence electrons. The maximum absolute atomic E-state index is 13.5. The zero-order valence-corrected chi connectivity index (χ0v) is 21.5. The summed E-state index contributed by atoms with van der Waals surface area (Å²) < 4.78 is 45.9. The molecule has 0 radical (unpaired) electrons. The molecule has 1 saturated heterocycles. The first-order chi connectivity index (χ1) is 17.8. The van der Waals surface area contributed by atoms with Gasteiger partial charge in [-0.2, -0.15) is 4.31 Å². The van der Waals surface area contributed by atoms with Crippen LogP contribution in [0.4, 0.5) is 0 Å². The monoisotopic (exact) mass is 527 g/mol. The number of aryl methyl sites for hydroxylation is 1. The van der Waals surface area contributed by atoms with Gasteiger partial charge in [0.25, 0.3) is 5.91 Å². The molecule has 0 saturated carbocycles. The summed E-state index contributed by atoms with van der Waals surface area (Å²) in [6.07, 6.45) is 1.52. The van der Waals surface area contributed by atoms with Crippen LogP contribution >= 0.6 is 0 Å². The highest BCUT2D eigenvalue weighted by atomic mass is 32.2. The highest BCUT2D eigenvalue weighted by Crippen LogP contribution is 2.32. The largest absolute Gasteiger partial charge is 0.486 e. The Kier molecular flexibility index (Phi) is 6.93. The normalized spacial score (nSPS) is 16.9. The quantitative estimate of drug-likeness (QED) is 0.523. The van der Waals surface area contributed by atoms with Crippen LogP contribution < -0.4 is 20.2 Å². The van der Waals surface area contributed by atoms with Crippen LogP contribution in [-0.4, -0.2) is 62.7 Å². The van der Waals surface area contributed by atoms with Gasteiger partial charge in [0, 0.05) is 31.2 Å². The van der Waals surface area contributed by atoms with Gasteiger partial charge >= 0.3 is 0 Å². The van der Waals surface area contributed by atoms with Crippen LogP contribution in [0.1, 0.15) is 35.8 Å². The van der Waals surface area contributed by atoms with Crippen molar-refractivity contribution < 1.29 is 27.4 Å². The van der Waals surface area contributed by atoms with Gasteiger partial charge in [0.05, 0.1) is 29.7 Å². The van der Waals surface area contributed by atoms with Crippen molar-refractivity contribution in [3.63, 3.8) is 0 Å². The number of pyridine rings is 1. The Balaban J connectivity index is 1.48. The van der Waals surface area contributed by atoms with Gasteiger partial charge in [-0.15, -0.1) is 0 Å². The van der Waals surface area contributed by atoms with Crippen LogP contribution in [0.3, 0.4) is 0 Å². The van der Waals surface area contributed by atoms with E-state index >= 15 is 0 Å². The minimum absolute atomic E-state index is 0.0175. The lowest BCUT2D eigenvalue weighted by Crippen LogP contribution is -2.40. The van der Waals surface area contributed by atoms with Crippen LogP contribution in [0, 0.1) is 0 Å². The van der Waals surface area contributed by atoms with Gasteiger partial charge in [0.15, 0.2) is 11.5 Å². The van der Waals surface area contributed by atoms with E-state index in [9.17, 15) is 18.0 Å². The number of rotatable bonds is 6. The lowest BCUT2D eigenvalue weighted by Gasteiger charge is -2.26. The smallest absolute Gasteiger partial charge is 0.257 e. The van der Waals surface area contributed by atoms with Gasteiger partial charge in [-0.25, -0.2) is 8.42 Å². The zero-order valence-electron chi connectivity index (χ0n) is 20.7. The molecule has 0 spiro atoms. The van der Waals surface area contributed by atoms with E-state index in [1.807, 2.05) is 26.0 Å². The first kappa shape index (κ1) is 25.2. The molecule has 0 bridgehead atoms. The molecule has 1 N–H and O–H groups in total. The SMILES string of the molecule is CCn1cc(C(=O)NC(C)c2ccc3c(c2)OCCO3)c(=O)c2cc(S(=O)(=O)N3CCOCC3)ccc21. The second-order valence-electron chi connectivity index (χ2n) is 8.95. The van der Waals surface area contributed by atoms with Crippen molar-refractivity contribution in [3.05, 3.63) is 63.9 Å². The highest BCUT2D eigenvalue weighted by Gasteiger charge is 2.27. The zero-order chi connectivity index (χ0) is 26.2. The van der Waals surface area contributed by atoms with Gasteiger partial charge < -0.3 is 24.1 Å². The Morgan fingerprint density at radius 3 is 2.49 bits per heavy atom. The van der Waals surface area contributed by atoms with Crippen LogP contribution in [0.25, 0.3) is 10.9 Å². The first-order valence-corrected chi connectivity index (χ1v) is 13.7. The van der Waals surface area contributed by atoms with Crippen molar-refractivity contribution in [1.29, 1.82) is 0 Å². The molecule has 2 aromatic carbocycles. The van der Waals surface area contributed by atoms with Gasteiger partial charge in [0.2, 0.25) is 15.5 Å². The number of carbonyl (C=O) groups is 1. The number of fused-ring (bicyclic) bond motifs is 2. The van der Waals surface area contributed by atoms with E-state index < -0.39 is 27.4 Å². The Hall–Kier alpha value is -3.41. The lowest BCUT2D eigenvalue weighted by molar-refractivity contribution is 0.0730. The number of ether oxygens (including phenoxy) is 3. The molecule has 1 fully saturated rings. The maximum Gasteiger partial charge on any atom is 0.257 e. The van der Waals surface area contributed by atoms with E-state index in [0.29, 0.717) is 50.0 Å². The van der Waals surface area contributed by atoms with E-state index in [1.165, 1.54) is 22.6 Å². The summed E-state index contributed by atoms with van der Waals surface area (Å²) in [6.45, 7) is 6.28. The van der Waals surface area contributed by atoms with Gasteiger partial charge in [-0.05, 0) is 49.7 Å². The van der Waals surface area contributed by atoms with Crippen molar-refractivity contribution in [2.24, 2.45) is 0 Å². The molecule has 1 atom stereocenters. The number of nitrogens with one attached hydrogen (secondary N) is 1. The highest BCUT2D eigenvalue weighted by molar-refractivity contribution is 7.89. The minimum Gasteiger partial charge on any atom is -0.486 e. The molecule has 37 heavy (non-hydrogen) atoms. The Bertz CT molecular complexity index is 1510. The molecule has 3 aromatic rings. The lowest BCUT2D eigenvalue weighted by atomic mass is 10.1. The number of hydrogen-bond acceptors (Lipinski definition) is 7. The first-order valence-electron chi connectivity index (χ1n) is 12.2. The third-order valence-electron chi connectivity index (χ3n) is 6.66. The van der Waals surface area contributed by atoms with Crippen molar-refractivity contribution in [2.75, 3.05) is 39.5 Å². The van der Waals surface area contributed by atoms with Gasteiger partial charge in [-0.1, -0.05) is 6.07 Å². The van der Waals surface area contributed by atoms with Crippen LogP contribution in [0.5, 0.6) is 11.5 Å². The Labute approximate surface area is 214 Å². The maximum atomic E-state index is 13.5. The number of carbonyl (C=O) groups excluding carboxylic acids is 1. The fourth-order valence-corrected chi connectivity index (χ4v) is 6.02. The molecule has 2 aliphatic heterocycles. The fourth-order valence-electron chi connectivity index (χ4n) is 4.58. The number of morpholine rings is 1. The molecule has 0 aliphatic carbocycles. The average molecular weight is 528 g/mol. The molecule has 1 amide bonds. The topological polar surface area (TPSA) is 116 Å². The van der Waals surface area contributed by atoms with Crippen LogP contribution in [-0.2, 0) is 21.3 Å². The molecule has 10 nitrogen and oxygen atoms in total. The molecule has 1 unspecified atom stereocenters. The third-order valence-corrected chi connectivity index (χ3v) is 8.55. The van der Waals surface area contributed by atoms with Gasteiger partial charge in [0.1, 0.15) is 18.8 Å². The van der Waals surface area contributed by atoms with Crippen LogP contribution in [0.2, 0.25) is 0 Å². The minimum atomic E-state index is -3.80. The summed E-state index contributed by atoms with van der Waals surface area (Å²) >= 11 is 0. The van der Waals surface area contributed by atoms with E-state index in [-0.39, 0.29) is 28.9 Å². The van der Waals surface area contributed by atoms with Gasteiger partial charge in [-0.3, -0.25) is 9.59 Å². The number of nitrogens with zero attached hydrogens (tertiary/aromatic N) is 2. The van der Waals surface area contributed by atoms with Crippen molar-refractivity contribution >= 4 is 26.8 Å². The molecule has 1 aromatic heterocycles. The van der Waals surface area contributed by atoms with E-state index in [4.69, 9.17) is 14.2 Å². The average Bonchev–Trinajstić information content (AvgIpc) is 2.93. The Morgan fingerprint density at radius 1 is 1.03 bits per heavy atom. The molecular weight excluding hydrogens is 498 g/mol. The molecule has 2 aliphatic rings. The number of aromatic nitrogens is 1.